The van der Waals surface area contributed by atoms with Crippen molar-refractivity contribution in [3.63, 3.8) is 0 Å². The number of halogens is 1. The van der Waals surface area contributed by atoms with Crippen LogP contribution in [0.3, 0.4) is 0 Å². The van der Waals surface area contributed by atoms with Crippen molar-refractivity contribution in [3.8, 4) is 0 Å². The molecule has 0 N–H and O–H groups in total. The van der Waals surface area contributed by atoms with Crippen LogP contribution in [-0.4, -0.2) is 31.1 Å². The summed E-state index contributed by atoms with van der Waals surface area (Å²) in [4.78, 5) is 10.9. The van der Waals surface area contributed by atoms with Gasteiger partial charge in [-0.15, -0.1) is 0 Å². The van der Waals surface area contributed by atoms with Crippen molar-refractivity contribution < 1.29 is 14.3 Å². The molecule has 0 radical (unpaired) electrons. The monoisotopic (exact) mass is 266 g/mol. The zero-order valence-corrected chi connectivity index (χ0v) is 10.3. The third-order valence-corrected chi connectivity index (χ3v) is 2.02. The summed E-state index contributed by atoms with van der Waals surface area (Å²) in [5.74, 6) is -0.0890. The van der Waals surface area contributed by atoms with Crippen molar-refractivity contribution in [2.75, 3.05) is 25.2 Å². The van der Waals surface area contributed by atoms with E-state index in [-0.39, 0.29) is 5.97 Å². The molecule has 0 saturated carbocycles. The molecule has 0 aliphatic carbocycles. The van der Waals surface area contributed by atoms with Crippen molar-refractivity contribution >= 4 is 21.9 Å². The van der Waals surface area contributed by atoms with Gasteiger partial charge < -0.3 is 9.47 Å². The van der Waals surface area contributed by atoms with E-state index in [9.17, 15) is 4.79 Å². The second kappa shape index (κ2) is 11.0. The highest BCUT2D eigenvalue weighted by atomic mass is 79.9. The van der Waals surface area contributed by atoms with E-state index in [4.69, 9.17) is 9.47 Å². The van der Waals surface area contributed by atoms with Crippen molar-refractivity contribution in [2.24, 2.45) is 0 Å². The molecule has 0 atom stereocenters. The predicted molar refractivity (Wildman–Crippen MR) is 59.7 cm³/mol. The van der Waals surface area contributed by atoms with Crippen LogP contribution < -0.4 is 0 Å². The maximum absolute atomic E-state index is 10.9. The van der Waals surface area contributed by atoms with Crippen LogP contribution in [0.15, 0.2) is 0 Å². The Morgan fingerprint density at radius 2 is 2.00 bits per heavy atom. The molecular weight excluding hydrogens is 248 g/mol. The summed E-state index contributed by atoms with van der Waals surface area (Å²) in [5, 5.41) is 0.885. The van der Waals surface area contributed by atoms with Crippen molar-refractivity contribution in [3.05, 3.63) is 0 Å². The molecule has 0 aromatic heterocycles. The Balaban J connectivity index is 3.01. The lowest BCUT2D eigenvalue weighted by molar-refractivity contribution is -0.143. The summed E-state index contributed by atoms with van der Waals surface area (Å²) in [6.45, 7) is 3.85. The highest BCUT2D eigenvalue weighted by molar-refractivity contribution is 9.09. The fraction of sp³-hybridized carbons (Fsp3) is 0.900. The van der Waals surface area contributed by atoms with Gasteiger partial charge in [0.15, 0.2) is 0 Å². The van der Waals surface area contributed by atoms with Crippen molar-refractivity contribution in [1.29, 1.82) is 0 Å². The minimum absolute atomic E-state index is 0.0890. The number of hydrogen-bond acceptors (Lipinski definition) is 3. The lowest BCUT2D eigenvalue weighted by atomic mass is 10.2. The third-order valence-electron chi connectivity index (χ3n) is 1.70. The number of ether oxygens (including phenoxy) is 2. The van der Waals surface area contributed by atoms with E-state index in [2.05, 4.69) is 15.9 Å². The summed E-state index contributed by atoms with van der Waals surface area (Å²) < 4.78 is 10.1. The number of carbonyl (C=O) groups is 1. The standard InChI is InChI=1S/C10H19BrO3/c1-2-14-10(12)6-4-3-5-8-13-9-7-11/h2-9H2,1H3. The first-order valence-corrected chi connectivity index (χ1v) is 6.22. The first-order chi connectivity index (χ1) is 6.81. The van der Waals surface area contributed by atoms with Gasteiger partial charge in [0.2, 0.25) is 0 Å². The predicted octanol–water partition coefficient (Wildman–Crippen LogP) is 2.52. The van der Waals surface area contributed by atoms with Gasteiger partial charge in [-0.2, -0.15) is 0 Å². The van der Waals surface area contributed by atoms with Gasteiger partial charge in [0, 0.05) is 18.4 Å². The Morgan fingerprint density at radius 1 is 1.21 bits per heavy atom. The van der Waals surface area contributed by atoms with Crippen LogP contribution in [0.2, 0.25) is 0 Å². The maximum atomic E-state index is 10.9. The number of esters is 1. The zero-order valence-electron chi connectivity index (χ0n) is 8.76. The Hall–Kier alpha value is -0.0900. The molecular formula is C10H19BrO3. The first-order valence-electron chi connectivity index (χ1n) is 5.10. The van der Waals surface area contributed by atoms with Gasteiger partial charge in [0.1, 0.15) is 0 Å². The second-order valence-electron chi connectivity index (χ2n) is 2.92. The molecule has 3 nitrogen and oxygen atoms in total. The van der Waals surface area contributed by atoms with Gasteiger partial charge in [-0.3, -0.25) is 4.79 Å². The van der Waals surface area contributed by atoms with Gasteiger partial charge in [-0.25, -0.2) is 0 Å². The summed E-state index contributed by atoms with van der Waals surface area (Å²) >= 11 is 3.28. The summed E-state index contributed by atoms with van der Waals surface area (Å²) in [7, 11) is 0. The summed E-state index contributed by atoms with van der Waals surface area (Å²) in [5.41, 5.74) is 0. The Morgan fingerprint density at radius 3 is 2.64 bits per heavy atom. The molecule has 4 heteroatoms. The number of unbranched alkanes of at least 4 members (excludes halogenated alkanes) is 2. The molecule has 0 aromatic carbocycles. The molecule has 0 amide bonds. The topological polar surface area (TPSA) is 35.5 Å². The highest BCUT2D eigenvalue weighted by Gasteiger charge is 2.00. The molecule has 84 valence electrons. The fourth-order valence-electron chi connectivity index (χ4n) is 1.04. The molecule has 0 aromatic rings. The molecule has 14 heavy (non-hydrogen) atoms. The van der Waals surface area contributed by atoms with Gasteiger partial charge in [0.05, 0.1) is 13.2 Å². The second-order valence-corrected chi connectivity index (χ2v) is 3.71. The van der Waals surface area contributed by atoms with Gasteiger partial charge >= 0.3 is 5.97 Å². The van der Waals surface area contributed by atoms with Crippen LogP contribution >= 0.6 is 15.9 Å². The Kier molecular flexibility index (Phi) is 10.9. The lowest BCUT2D eigenvalue weighted by Crippen LogP contribution is -2.03. The van der Waals surface area contributed by atoms with Gasteiger partial charge in [0.25, 0.3) is 0 Å². The highest BCUT2D eigenvalue weighted by Crippen LogP contribution is 2.01. The molecule has 0 unspecified atom stereocenters. The first kappa shape index (κ1) is 13.9. The van der Waals surface area contributed by atoms with E-state index >= 15 is 0 Å². The lowest BCUT2D eigenvalue weighted by Gasteiger charge is -2.02. The number of carbonyl (C=O) groups excluding carboxylic acids is 1. The van der Waals surface area contributed by atoms with Gasteiger partial charge in [-0.05, 0) is 19.8 Å². The molecule has 0 spiro atoms. The van der Waals surface area contributed by atoms with Crippen LogP contribution in [0.5, 0.6) is 0 Å². The largest absolute Gasteiger partial charge is 0.466 e. The fourth-order valence-corrected chi connectivity index (χ4v) is 1.27. The maximum Gasteiger partial charge on any atom is 0.305 e. The van der Waals surface area contributed by atoms with Gasteiger partial charge in [-0.1, -0.05) is 22.4 Å². The van der Waals surface area contributed by atoms with E-state index in [1.807, 2.05) is 6.92 Å². The Bertz CT molecular complexity index is 139. The van der Waals surface area contributed by atoms with E-state index in [1.165, 1.54) is 0 Å². The molecule has 0 fully saturated rings. The number of rotatable bonds is 9. The van der Waals surface area contributed by atoms with E-state index in [1.54, 1.807) is 0 Å². The normalized spacial score (nSPS) is 10.1. The SMILES string of the molecule is CCOC(=O)CCCCCOCCBr. The van der Waals surface area contributed by atoms with Crippen LogP contribution in [0.1, 0.15) is 32.6 Å². The molecule has 0 aliphatic heterocycles. The van der Waals surface area contributed by atoms with E-state index in [0.29, 0.717) is 13.0 Å². The average Bonchev–Trinajstić information content (AvgIpc) is 2.17. The molecule has 0 heterocycles. The zero-order chi connectivity index (χ0) is 10.6. The Labute approximate surface area is 94.3 Å². The molecule has 0 rings (SSSR count). The van der Waals surface area contributed by atoms with Crippen LogP contribution in [0, 0.1) is 0 Å². The molecule has 0 saturated heterocycles. The smallest absolute Gasteiger partial charge is 0.305 e. The van der Waals surface area contributed by atoms with E-state index < -0.39 is 0 Å². The van der Waals surface area contributed by atoms with Crippen LogP contribution in [0.25, 0.3) is 0 Å². The van der Waals surface area contributed by atoms with E-state index in [0.717, 1.165) is 37.8 Å². The van der Waals surface area contributed by atoms with Crippen molar-refractivity contribution in [1.82, 2.24) is 0 Å². The average molecular weight is 267 g/mol. The van der Waals surface area contributed by atoms with Crippen LogP contribution in [-0.2, 0) is 14.3 Å². The number of alkyl halides is 1. The molecule has 0 bridgehead atoms. The van der Waals surface area contributed by atoms with Crippen molar-refractivity contribution in [2.45, 2.75) is 32.6 Å². The minimum atomic E-state index is -0.0890. The summed E-state index contributed by atoms with van der Waals surface area (Å²) in [6.07, 6.45) is 3.48. The van der Waals surface area contributed by atoms with Crippen LogP contribution in [0.4, 0.5) is 0 Å². The molecule has 0 aliphatic rings. The summed E-state index contributed by atoms with van der Waals surface area (Å²) in [6, 6.07) is 0. The number of hydrogen-bond donors (Lipinski definition) is 0. The third kappa shape index (κ3) is 9.99. The quantitative estimate of drug-likeness (QED) is 0.366. The minimum Gasteiger partial charge on any atom is -0.466 e.